The van der Waals surface area contributed by atoms with Crippen LogP contribution < -0.4 is 4.74 Å². The molecular weight excluding hydrogens is 536 g/mol. The molecule has 2 aromatic rings. The smallest absolute Gasteiger partial charge is 0.295 e. The highest BCUT2D eigenvalue weighted by Gasteiger charge is 2.45. The molecule has 0 bridgehead atoms. The molecule has 2 fully saturated rings. The van der Waals surface area contributed by atoms with Crippen LogP contribution in [0.2, 0.25) is 0 Å². The number of aliphatic hydroxyl groups excluding tert-OH is 1. The fourth-order valence-corrected chi connectivity index (χ4v) is 5.21. The molecule has 7 nitrogen and oxygen atoms in total. The van der Waals surface area contributed by atoms with Gasteiger partial charge in [0.1, 0.15) is 11.5 Å². The van der Waals surface area contributed by atoms with Crippen LogP contribution in [0, 0.1) is 12.8 Å². The molecule has 0 aromatic heterocycles. The third kappa shape index (κ3) is 6.43. The number of rotatable bonds is 9. The number of amides is 1. The van der Waals surface area contributed by atoms with E-state index in [2.05, 4.69) is 34.7 Å². The van der Waals surface area contributed by atoms with Crippen LogP contribution in [-0.4, -0.2) is 72.6 Å². The van der Waals surface area contributed by atoms with Crippen LogP contribution >= 0.6 is 15.9 Å². The van der Waals surface area contributed by atoms with Crippen molar-refractivity contribution < 1.29 is 24.2 Å². The quantitative estimate of drug-likeness (QED) is 0.261. The molecule has 1 unspecified atom stereocenters. The number of hydrogen-bond acceptors (Lipinski definition) is 6. The molecule has 2 aromatic carbocycles. The standard InChI is InChI=1S/C29H35BrN2O5/c1-19(2)18-37-24-9-8-22(16-20(24)3)27(33)25-26(21-6-4-7-23(30)17-21)32(29(35)28(25)34)11-5-10-31-12-14-36-15-13-31/h4,6-9,16-17,19,26,33H,5,10-15,18H2,1-3H3/b27-25+. The number of aryl methyl sites for hydroxylation is 1. The number of morpholine rings is 1. The number of Topliss-reactive ketones (excluding diaryl/α,β-unsaturated/α-hetero) is 1. The van der Waals surface area contributed by atoms with E-state index in [0.717, 1.165) is 47.4 Å². The predicted molar refractivity (Wildman–Crippen MR) is 147 cm³/mol. The summed E-state index contributed by atoms with van der Waals surface area (Å²) in [5, 5.41) is 11.4. The Balaban J connectivity index is 1.66. The first-order valence-corrected chi connectivity index (χ1v) is 13.6. The molecule has 1 amide bonds. The molecule has 2 heterocycles. The summed E-state index contributed by atoms with van der Waals surface area (Å²) in [6.45, 7) is 11.0. The molecule has 198 valence electrons. The van der Waals surface area contributed by atoms with Crippen molar-refractivity contribution in [3.8, 4) is 5.75 Å². The highest BCUT2D eigenvalue weighted by molar-refractivity contribution is 9.10. The summed E-state index contributed by atoms with van der Waals surface area (Å²) in [4.78, 5) is 30.5. The van der Waals surface area contributed by atoms with E-state index in [4.69, 9.17) is 9.47 Å². The van der Waals surface area contributed by atoms with E-state index in [9.17, 15) is 14.7 Å². The SMILES string of the molecule is Cc1cc(/C(O)=C2\C(=O)C(=O)N(CCCN3CCOCC3)C2c2cccc(Br)c2)ccc1OCC(C)C. The van der Waals surface area contributed by atoms with E-state index in [-0.39, 0.29) is 11.3 Å². The van der Waals surface area contributed by atoms with Gasteiger partial charge in [-0.3, -0.25) is 14.5 Å². The molecule has 2 aliphatic heterocycles. The van der Waals surface area contributed by atoms with E-state index in [1.807, 2.05) is 31.2 Å². The van der Waals surface area contributed by atoms with Crippen LogP contribution in [0.4, 0.5) is 0 Å². The maximum Gasteiger partial charge on any atom is 0.295 e. The summed E-state index contributed by atoms with van der Waals surface area (Å²) < 4.78 is 12.1. The number of hydrogen-bond donors (Lipinski definition) is 1. The summed E-state index contributed by atoms with van der Waals surface area (Å²) in [6.07, 6.45) is 0.721. The lowest BCUT2D eigenvalue weighted by Crippen LogP contribution is -2.38. The van der Waals surface area contributed by atoms with Crippen LogP contribution in [0.1, 0.15) is 43.0 Å². The van der Waals surface area contributed by atoms with Gasteiger partial charge in [0.05, 0.1) is 31.4 Å². The van der Waals surface area contributed by atoms with Gasteiger partial charge in [0.15, 0.2) is 0 Å². The van der Waals surface area contributed by atoms with Gasteiger partial charge in [-0.2, -0.15) is 0 Å². The van der Waals surface area contributed by atoms with E-state index < -0.39 is 17.7 Å². The van der Waals surface area contributed by atoms with Crippen LogP contribution in [0.25, 0.3) is 5.76 Å². The fraction of sp³-hybridized carbons (Fsp3) is 0.448. The zero-order valence-electron chi connectivity index (χ0n) is 21.7. The molecule has 0 radical (unpaired) electrons. The minimum absolute atomic E-state index is 0.115. The second-order valence-corrected chi connectivity index (χ2v) is 11.0. The number of ether oxygens (including phenoxy) is 2. The van der Waals surface area contributed by atoms with E-state index in [0.29, 0.717) is 37.8 Å². The van der Waals surface area contributed by atoms with E-state index in [1.165, 1.54) is 0 Å². The Morgan fingerprint density at radius 2 is 1.89 bits per heavy atom. The Labute approximate surface area is 227 Å². The minimum atomic E-state index is -0.667. The molecule has 2 aliphatic rings. The molecule has 4 rings (SSSR count). The Kier molecular flexibility index (Phi) is 9.05. The third-order valence-electron chi connectivity index (χ3n) is 6.70. The van der Waals surface area contributed by atoms with E-state index in [1.54, 1.807) is 23.1 Å². The summed E-state index contributed by atoms with van der Waals surface area (Å²) >= 11 is 3.51. The van der Waals surface area contributed by atoms with Crippen LogP contribution in [0.5, 0.6) is 5.75 Å². The van der Waals surface area contributed by atoms with Crippen molar-refractivity contribution in [1.29, 1.82) is 0 Å². The molecule has 2 saturated heterocycles. The lowest BCUT2D eigenvalue weighted by molar-refractivity contribution is -0.140. The van der Waals surface area contributed by atoms with Crippen LogP contribution in [-0.2, 0) is 14.3 Å². The van der Waals surface area contributed by atoms with Gasteiger partial charge >= 0.3 is 0 Å². The molecule has 0 aliphatic carbocycles. The first-order valence-electron chi connectivity index (χ1n) is 12.8. The molecular formula is C29H35BrN2O5. The first-order chi connectivity index (χ1) is 17.8. The number of nitrogens with zero attached hydrogens (tertiary/aromatic N) is 2. The second kappa shape index (κ2) is 12.2. The number of carbonyl (C=O) groups excluding carboxylic acids is 2. The van der Waals surface area contributed by atoms with E-state index >= 15 is 0 Å². The van der Waals surface area contributed by atoms with Gasteiger partial charge in [-0.25, -0.2) is 0 Å². The number of aliphatic hydroxyl groups is 1. The Morgan fingerprint density at radius 3 is 2.57 bits per heavy atom. The van der Waals surface area contributed by atoms with Gasteiger partial charge in [0.2, 0.25) is 0 Å². The minimum Gasteiger partial charge on any atom is -0.507 e. The Bertz CT molecular complexity index is 1170. The summed E-state index contributed by atoms with van der Waals surface area (Å²) in [5.74, 6) is -0.291. The molecule has 8 heteroatoms. The van der Waals surface area contributed by atoms with Gasteiger partial charge in [-0.15, -0.1) is 0 Å². The van der Waals surface area contributed by atoms with Crippen molar-refractivity contribution in [1.82, 2.24) is 9.80 Å². The molecule has 0 spiro atoms. The molecule has 1 N–H and O–H groups in total. The Hall–Kier alpha value is -2.68. The van der Waals surface area contributed by atoms with Crippen LogP contribution in [0.15, 0.2) is 52.5 Å². The molecule has 1 atom stereocenters. The highest BCUT2D eigenvalue weighted by atomic mass is 79.9. The zero-order chi connectivity index (χ0) is 26.5. The highest BCUT2D eigenvalue weighted by Crippen LogP contribution is 2.40. The van der Waals surface area contributed by atoms with Crippen molar-refractivity contribution in [2.45, 2.75) is 33.2 Å². The van der Waals surface area contributed by atoms with Crippen LogP contribution in [0.3, 0.4) is 0 Å². The van der Waals surface area contributed by atoms with Gasteiger partial charge in [0.25, 0.3) is 11.7 Å². The predicted octanol–water partition coefficient (Wildman–Crippen LogP) is 4.94. The summed E-state index contributed by atoms with van der Waals surface area (Å²) in [7, 11) is 0. The third-order valence-corrected chi connectivity index (χ3v) is 7.20. The largest absolute Gasteiger partial charge is 0.507 e. The average Bonchev–Trinajstić information content (AvgIpc) is 3.13. The number of benzene rings is 2. The van der Waals surface area contributed by atoms with Crippen molar-refractivity contribution in [2.75, 3.05) is 46.0 Å². The van der Waals surface area contributed by atoms with Gasteiger partial charge in [0, 0.05) is 36.2 Å². The molecule has 0 saturated carbocycles. The second-order valence-electron chi connectivity index (χ2n) is 10.0. The average molecular weight is 572 g/mol. The van der Waals surface area contributed by atoms with Gasteiger partial charge in [-0.05, 0) is 60.7 Å². The first kappa shape index (κ1) is 27.4. The summed E-state index contributed by atoms with van der Waals surface area (Å²) in [6, 6.07) is 12.2. The van der Waals surface area contributed by atoms with Crippen molar-refractivity contribution in [2.24, 2.45) is 5.92 Å². The number of likely N-dealkylation sites (tertiary alicyclic amines) is 1. The maximum atomic E-state index is 13.3. The zero-order valence-corrected chi connectivity index (χ0v) is 23.3. The number of carbonyl (C=O) groups is 2. The lowest BCUT2D eigenvalue weighted by Gasteiger charge is -2.29. The number of halogens is 1. The fourth-order valence-electron chi connectivity index (χ4n) is 4.79. The number of ketones is 1. The maximum absolute atomic E-state index is 13.3. The van der Waals surface area contributed by atoms with Crippen molar-refractivity contribution >= 4 is 33.4 Å². The lowest BCUT2D eigenvalue weighted by atomic mass is 9.94. The summed E-state index contributed by atoms with van der Waals surface area (Å²) in [5.41, 5.74) is 2.23. The monoisotopic (exact) mass is 570 g/mol. The van der Waals surface area contributed by atoms with Gasteiger partial charge < -0.3 is 19.5 Å². The van der Waals surface area contributed by atoms with Gasteiger partial charge in [-0.1, -0.05) is 41.9 Å². The Morgan fingerprint density at radius 1 is 1.14 bits per heavy atom. The van der Waals surface area contributed by atoms with Crippen molar-refractivity contribution in [3.05, 3.63) is 69.2 Å². The normalized spacial score (nSPS) is 20.1. The van der Waals surface area contributed by atoms with Crippen molar-refractivity contribution in [3.63, 3.8) is 0 Å². The topological polar surface area (TPSA) is 79.3 Å². The molecule has 37 heavy (non-hydrogen) atoms.